The molecule has 3 N–H and O–H groups in total. The minimum absolute atomic E-state index is 0.0363. The third-order valence-corrected chi connectivity index (χ3v) is 3.38. The van der Waals surface area contributed by atoms with Crippen molar-refractivity contribution in [1.82, 2.24) is 14.7 Å². The second kappa shape index (κ2) is 5.08. The lowest BCUT2D eigenvalue weighted by atomic mass is 10.2. The first kappa shape index (κ1) is 12.7. The van der Waals surface area contributed by atoms with Crippen molar-refractivity contribution < 1.29 is 18.3 Å². The zero-order valence-corrected chi connectivity index (χ0v) is 9.49. The number of nitrogens with one attached hydrogen (secondary N) is 2. The Morgan fingerprint density at radius 3 is 2.81 bits per heavy atom. The minimum Gasteiger partial charge on any atom is -0.480 e. The molecule has 1 aromatic heterocycles. The third-order valence-electron chi connectivity index (χ3n) is 1.98. The Morgan fingerprint density at radius 1 is 1.69 bits per heavy atom. The van der Waals surface area contributed by atoms with Crippen molar-refractivity contribution in [1.29, 1.82) is 0 Å². The summed E-state index contributed by atoms with van der Waals surface area (Å²) in [6.07, 6.45) is 2.90. The van der Waals surface area contributed by atoms with Crippen molar-refractivity contribution >= 4 is 16.0 Å². The topological polar surface area (TPSA) is 112 Å². The van der Waals surface area contributed by atoms with E-state index in [2.05, 4.69) is 14.7 Å². The van der Waals surface area contributed by atoms with Crippen LogP contribution in [0.25, 0.3) is 0 Å². The molecule has 0 bridgehead atoms. The number of sulfonamides is 1. The second-order valence-corrected chi connectivity index (χ2v) is 5.24. The van der Waals surface area contributed by atoms with Gasteiger partial charge in [-0.3, -0.25) is 4.79 Å². The smallest absolute Gasteiger partial charge is 0.322 e. The predicted octanol–water partition coefficient (Wildman–Crippen LogP) is -0.655. The van der Waals surface area contributed by atoms with Crippen molar-refractivity contribution in [3.8, 4) is 0 Å². The molecule has 1 aromatic rings. The van der Waals surface area contributed by atoms with Gasteiger partial charge in [0.05, 0.1) is 12.1 Å². The average molecular weight is 247 g/mol. The van der Waals surface area contributed by atoms with Gasteiger partial charge in [-0.25, -0.2) is 18.1 Å². The molecule has 1 heterocycles. The van der Waals surface area contributed by atoms with Gasteiger partial charge in [0.25, 0.3) is 0 Å². The Kier molecular flexibility index (Phi) is 4.02. The Bertz CT molecular complexity index is 440. The molecular formula is C8H13N3O4S. The van der Waals surface area contributed by atoms with Crippen LogP contribution in [-0.4, -0.2) is 41.3 Å². The summed E-state index contributed by atoms with van der Waals surface area (Å²) in [6, 6.07) is -1.18. The van der Waals surface area contributed by atoms with E-state index in [-0.39, 0.29) is 12.2 Å². The van der Waals surface area contributed by atoms with E-state index in [4.69, 9.17) is 5.11 Å². The molecule has 16 heavy (non-hydrogen) atoms. The number of carboxylic acids is 1. The molecule has 0 aliphatic rings. The number of aromatic amines is 1. The van der Waals surface area contributed by atoms with E-state index in [0.29, 0.717) is 5.69 Å². The summed E-state index contributed by atoms with van der Waals surface area (Å²) in [6.45, 7) is 1.44. The molecule has 0 aromatic carbocycles. The van der Waals surface area contributed by atoms with E-state index in [0.717, 1.165) is 0 Å². The number of rotatable bonds is 6. The zero-order chi connectivity index (χ0) is 12.2. The predicted molar refractivity (Wildman–Crippen MR) is 56.3 cm³/mol. The number of carbonyl (C=O) groups is 1. The summed E-state index contributed by atoms with van der Waals surface area (Å²) < 4.78 is 24.6. The van der Waals surface area contributed by atoms with E-state index < -0.39 is 22.0 Å². The van der Waals surface area contributed by atoms with Crippen LogP contribution in [0.5, 0.6) is 0 Å². The molecule has 1 rings (SSSR count). The summed E-state index contributed by atoms with van der Waals surface area (Å²) in [5.74, 6) is -1.37. The molecular weight excluding hydrogens is 234 g/mol. The van der Waals surface area contributed by atoms with Gasteiger partial charge in [0.1, 0.15) is 6.04 Å². The van der Waals surface area contributed by atoms with Gasteiger partial charge in [0.15, 0.2) is 0 Å². The molecule has 0 radical (unpaired) electrons. The zero-order valence-electron chi connectivity index (χ0n) is 8.67. The number of nitrogens with zero attached hydrogens (tertiary/aromatic N) is 1. The van der Waals surface area contributed by atoms with Gasteiger partial charge in [-0.1, -0.05) is 0 Å². The summed E-state index contributed by atoms with van der Waals surface area (Å²) in [4.78, 5) is 17.3. The maximum atomic E-state index is 11.2. The van der Waals surface area contributed by atoms with Crippen LogP contribution in [0, 0.1) is 0 Å². The molecule has 0 aliphatic heterocycles. The average Bonchev–Trinajstić information content (AvgIpc) is 2.69. The highest BCUT2D eigenvalue weighted by Crippen LogP contribution is 2.00. The summed E-state index contributed by atoms with van der Waals surface area (Å²) in [7, 11) is -3.53. The molecule has 90 valence electrons. The Balaban J connectivity index is 2.73. The first-order valence-electron chi connectivity index (χ1n) is 4.64. The Morgan fingerprint density at radius 2 is 2.38 bits per heavy atom. The van der Waals surface area contributed by atoms with E-state index in [1.54, 1.807) is 0 Å². The van der Waals surface area contributed by atoms with Gasteiger partial charge in [0.2, 0.25) is 10.0 Å². The van der Waals surface area contributed by atoms with Crippen molar-refractivity contribution in [3.05, 3.63) is 18.2 Å². The lowest BCUT2D eigenvalue weighted by Crippen LogP contribution is -2.42. The molecule has 8 heteroatoms. The summed E-state index contributed by atoms with van der Waals surface area (Å²) in [5.41, 5.74) is 0.561. The minimum atomic E-state index is -3.53. The number of hydrogen-bond donors (Lipinski definition) is 3. The van der Waals surface area contributed by atoms with E-state index in [1.807, 2.05) is 0 Å². The normalized spacial score (nSPS) is 13.6. The SMILES string of the molecule is CCS(=O)(=O)NC(Cc1cnc[nH]1)C(=O)O. The quantitative estimate of drug-likeness (QED) is 0.618. The first-order valence-corrected chi connectivity index (χ1v) is 6.30. The molecule has 0 fully saturated rings. The van der Waals surface area contributed by atoms with Gasteiger partial charge >= 0.3 is 5.97 Å². The van der Waals surface area contributed by atoms with Crippen LogP contribution in [0.4, 0.5) is 0 Å². The highest BCUT2D eigenvalue weighted by Gasteiger charge is 2.23. The van der Waals surface area contributed by atoms with Crippen molar-refractivity contribution in [2.75, 3.05) is 5.75 Å². The van der Waals surface area contributed by atoms with Crippen LogP contribution < -0.4 is 4.72 Å². The van der Waals surface area contributed by atoms with Crippen molar-refractivity contribution in [2.45, 2.75) is 19.4 Å². The van der Waals surface area contributed by atoms with Crippen LogP contribution in [0.3, 0.4) is 0 Å². The van der Waals surface area contributed by atoms with E-state index in [9.17, 15) is 13.2 Å². The van der Waals surface area contributed by atoms with Crippen molar-refractivity contribution in [2.24, 2.45) is 0 Å². The fraction of sp³-hybridized carbons (Fsp3) is 0.500. The maximum Gasteiger partial charge on any atom is 0.322 e. The lowest BCUT2D eigenvalue weighted by Gasteiger charge is -2.12. The van der Waals surface area contributed by atoms with Crippen molar-refractivity contribution in [3.63, 3.8) is 0 Å². The highest BCUT2D eigenvalue weighted by molar-refractivity contribution is 7.89. The summed E-state index contributed by atoms with van der Waals surface area (Å²) >= 11 is 0. The van der Waals surface area contributed by atoms with Gasteiger partial charge in [-0.15, -0.1) is 0 Å². The van der Waals surface area contributed by atoms with E-state index in [1.165, 1.54) is 19.4 Å². The molecule has 7 nitrogen and oxygen atoms in total. The summed E-state index contributed by atoms with van der Waals surface area (Å²) in [5, 5.41) is 8.87. The molecule has 1 unspecified atom stereocenters. The second-order valence-electron chi connectivity index (χ2n) is 3.19. The highest BCUT2D eigenvalue weighted by atomic mass is 32.2. The number of imidazole rings is 1. The molecule has 1 atom stereocenters. The molecule has 0 aliphatic carbocycles. The van der Waals surface area contributed by atoms with Crippen LogP contribution in [0.1, 0.15) is 12.6 Å². The van der Waals surface area contributed by atoms with E-state index >= 15 is 0 Å². The van der Waals surface area contributed by atoms with Gasteiger partial charge in [-0.05, 0) is 6.92 Å². The number of carboxylic acid groups (broad SMARTS) is 1. The molecule has 0 saturated heterocycles. The molecule has 0 amide bonds. The molecule has 0 spiro atoms. The van der Waals surface area contributed by atoms with Crippen LogP contribution in [-0.2, 0) is 21.2 Å². The number of H-pyrrole nitrogens is 1. The molecule has 0 saturated carbocycles. The Labute approximate surface area is 93.0 Å². The lowest BCUT2D eigenvalue weighted by molar-refractivity contribution is -0.138. The number of hydrogen-bond acceptors (Lipinski definition) is 4. The monoisotopic (exact) mass is 247 g/mol. The largest absolute Gasteiger partial charge is 0.480 e. The maximum absolute atomic E-state index is 11.2. The van der Waals surface area contributed by atoms with Gasteiger partial charge < -0.3 is 10.1 Å². The fourth-order valence-corrected chi connectivity index (χ4v) is 1.88. The van der Waals surface area contributed by atoms with Crippen LogP contribution in [0.15, 0.2) is 12.5 Å². The van der Waals surface area contributed by atoms with Crippen LogP contribution >= 0.6 is 0 Å². The fourth-order valence-electron chi connectivity index (χ4n) is 1.10. The van der Waals surface area contributed by atoms with Gasteiger partial charge in [-0.2, -0.15) is 0 Å². The number of aliphatic carboxylic acids is 1. The third kappa shape index (κ3) is 3.63. The number of aromatic nitrogens is 2. The van der Waals surface area contributed by atoms with Crippen LogP contribution in [0.2, 0.25) is 0 Å². The standard InChI is InChI=1S/C8H13N3O4S/c1-2-16(14,15)11-7(8(12)13)3-6-4-9-5-10-6/h4-5,7,11H,2-3H2,1H3,(H,9,10)(H,12,13). The first-order chi connectivity index (χ1) is 7.44. The Hall–Kier alpha value is -1.41. The van der Waals surface area contributed by atoms with Gasteiger partial charge in [0, 0.05) is 18.3 Å².